The van der Waals surface area contributed by atoms with Gasteiger partial charge in [0.1, 0.15) is 10.6 Å². The van der Waals surface area contributed by atoms with Crippen LogP contribution in [-0.2, 0) is 17.1 Å². The Morgan fingerprint density at radius 1 is 1.23 bits per heavy atom. The third-order valence-corrected chi connectivity index (χ3v) is 8.24. The lowest BCUT2D eigenvalue weighted by Crippen LogP contribution is -2.50. The highest BCUT2D eigenvalue weighted by Crippen LogP contribution is 2.27. The molecule has 0 spiro atoms. The molecule has 3 aromatic rings. The van der Waals surface area contributed by atoms with Gasteiger partial charge < -0.3 is 10.2 Å². The Balaban J connectivity index is 1.30. The summed E-state index contributed by atoms with van der Waals surface area (Å²) in [5.41, 5.74) is 0.871. The lowest BCUT2D eigenvalue weighted by Gasteiger charge is -2.34. The van der Waals surface area contributed by atoms with E-state index in [0.29, 0.717) is 31.1 Å². The molecule has 11 heteroatoms. The van der Waals surface area contributed by atoms with Gasteiger partial charge in [-0.25, -0.2) is 13.4 Å². The van der Waals surface area contributed by atoms with Crippen molar-refractivity contribution in [2.75, 3.05) is 43.4 Å². The number of aryl methyl sites for hydroxylation is 2. The summed E-state index contributed by atoms with van der Waals surface area (Å²) in [6.45, 7) is 3.99. The summed E-state index contributed by atoms with van der Waals surface area (Å²) in [6, 6.07) is 7.51. The Bertz CT molecular complexity index is 1110. The molecular formula is C19H24N6O3S2. The second-order valence-corrected chi connectivity index (χ2v) is 10.3. The van der Waals surface area contributed by atoms with Crippen molar-refractivity contribution in [3.63, 3.8) is 0 Å². The summed E-state index contributed by atoms with van der Waals surface area (Å²) < 4.78 is 28.6. The monoisotopic (exact) mass is 448 g/mol. The van der Waals surface area contributed by atoms with Crippen molar-refractivity contribution < 1.29 is 13.2 Å². The van der Waals surface area contributed by atoms with Gasteiger partial charge in [0.2, 0.25) is 10.0 Å². The minimum absolute atomic E-state index is 0.0765. The van der Waals surface area contributed by atoms with Crippen molar-refractivity contribution >= 4 is 43.3 Å². The molecule has 9 nitrogen and oxygen atoms in total. The molecule has 0 saturated carbocycles. The van der Waals surface area contributed by atoms with E-state index in [1.54, 1.807) is 10.9 Å². The number of aromatic nitrogens is 3. The van der Waals surface area contributed by atoms with Crippen LogP contribution in [0.25, 0.3) is 10.2 Å². The molecule has 4 rings (SSSR count). The number of nitrogens with zero attached hydrogens (tertiary/aromatic N) is 5. The molecular weight excluding hydrogens is 424 g/mol. The molecule has 1 aliphatic rings. The average molecular weight is 449 g/mol. The summed E-state index contributed by atoms with van der Waals surface area (Å²) in [5.74, 6) is 0.481. The molecule has 0 bridgehead atoms. The van der Waals surface area contributed by atoms with Crippen LogP contribution in [0.3, 0.4) is 0 Å². The number of rotatable bonds is 6. The molecule has 0 aliphatic carbocycles. The minimum Gasteiger partial charge on any atom is -0.354 e. The van der Waals surface area contributed by atoms with Gasteiger partial charge in [-0.05, 0) is 25.1 Å². The zero-order chi connectivity index (χ0) is 21.3. The van der Waals surface area contributed by atoms with Gasteiger partial charge in [-0.2, -0.15) is 9.40 Å². The number of anilines is 1. The second kappa shape index (κ2) is 8.32. The first-order valence-corrected chi connectivity index (χ1v) is 12.1. The molecule has 4 heterocycles. The van der Waals surface area contributed by atoms with Crippen LogP contribution >= 0.6 is 11.3 Å². The smallest absolute Gasteiger partial charge is 0.261 e. The first kappa shape index (κ1) is 20.8. The average Bonchev–Trinajstić information content (AvgIpc) is 3.30. The topological polar surface area (TPSA) is 100 Å². The molecule has 1 fully saturated rings. The Hall–Kier alpha value is -2.50. The van der Waals surface area contributed by atoms with E-state index in [1.807, 2.05) is 38.2 Å². The van der Waals surface area contributed by atoms with Crippen LogP contribution < -0.4 is 10.2 Å². The third kappa shape index (κ3) is 4.18. The Morgan fingerprint density at radius 3 is 2.67 bits per heavy atom. The first-order valence-electron chi connectivity index (χ1n) is 9.70. The van der Waals surface area contributed by atoms with Crippen LogP contribution in [0.1, 0.15) is 15.4 Å². The van der Waals surface area contributed by atoms with Gasteiger partial charge in [0.05, 0.1) is 16.3 Å². The van der Waals surface area contributed by atoms with Gasteiger partial charge in [-0.3, -0.25) is 9.48 Å². The number of hydrogen-bond donors (Lipinski definition) is 1. The van der Waals surface area contributed by atoms with Crippen LogP contribution in [0, 0.1) is 6.92 Å². The SMILES string of the molecule is Cc1nn(C)c2sc(C(=O)NCCS(=O)(=O)N3CCN(c4ccccn4)CC3)cc12. The first-order chi connectivity index (χ1) is 14.3. The standard InChI is InChI=1S/C19H24N6O3S2/c1-14-15-13-16(29-19(15)23(2)22-14)18(26)21-7-12-30(27,28)25-10-8-24(9-11-25)17-5-3-4-6-20-17/h3-6,13H,7-12H2,1-2H3,(H,21,26). The van der Waals surface area contributed by atoms with Crippen LogP contribution in [0.2, 0.25) is 0 Å². The van der Waals surface area contributed by atoms with Crippen molar-refractivity contribution in [1.29, 1.82) is 0 Å². The molecule has 1 amide bonds. The predicted molar refractivity (Wildman–Crippen MR) is 117 cm³/mol. The molecule has 1 saturated heterocycles. The molecule has 0 aromatic carbocycles. The highest BCUT2D eigenvalue weighted by molar-refractivity contribution is 7.89. The van der Waals surface area contributed by atoms with E-state index >= 15 is 0 Å². The van der Waals surface area contributed by atoms with E-state index < -0.39 is 10.0 Å². The van der Waals surface area contributed by atoms with Crippen molar-refractivity contribution in [1.82, 2.24) is 24.4 Å². The minimum atomic E-state index is -3.43. The van der Waals surface area contributed by atoms with Gasteiger partial charge in [0.15, 0.2) is 0 Å². The molecule has 1 N–H and O–H groups in total. The lowest BCUT2D eigenvalue weighted by atomic mass is 10.3. The molecule has 30 heavy (non-hydrogen) atoms. The molecule has 0 atom stereocenters. The number of fused-ring (bicyclic) bond motifs is 1. The Morgan fingerprint density at radius 2 is 2.00 bits per heavy atom. The summed E-state index contributed by atoms with van der Waals surface area (Å²) in [5, 5.41) is 8.01. The van der Waals surface area contributed by atoms with Gasteiger partial charge >= 0.3 is 0 Å². The Kier molecular flexibility index (Phi) is 5.76. The predicted octanol–water partition coefficient (Wildman–Crippen LogP) is 1.22. The number of piperazine rings is 1. The fourth-order valence-electron chi connectivity index (χ4n) is 3.56. The highest BCUT2D eigenvalue weighted by Gasteiger charge is 2.27. The lowest BCUT2D eigenvalue weighted by molar-refractivity contribution is 0.0960. The largest absolute Gasteiger partial charge is 0.354 e. The van der Waals surface area contributed by atoms with E-state index in [0.717, 1.165) is 21.7 Å². The maximum atomic E-state index is 12.7. The maximum absolute atomic E-state index is 12.7. The van der Waals surface area contributed by atoms with Crippen molar-refractivity contribution in [3.05, 3.63) is 41.0 Å². The molecule has 3 aromatic heterocycles. The number of nitrogens with one attached hydrogen (secondary N) is 1. The maximum Gasteiger partial charge on any atom is 0.261 e. The summed E-state index contributed by atoms with van der Waals surface area (Å²) in [4.78, 5) is 20.3. The number of carbonyl (C=O) groups excluding carboxylic acids is 1. The van der Waals surface area contributed by atoms with Crippen LogP contribution in [0.15, 0.2) is 30.5 Å². The number of hydrogen-bond acceptors (Lipinski definition) is 7. The van der Waals surface area contributed by atoms with Crippen LogP contribution in [0.4, 0.5) is 5.82 Å². The summed E-state index contributed by atoms with van der Waals surface area (Å²) in [7, 11) is -1.59. The molecule has 0 unspecified atom stereocenters. The van der Waals surface area contributed by atoms with Crippen molar-refractivity contribution in [2.45, 2.75) is 6.92 Å². The van der Waals surface area contributed by atoms with Gasteiger partial charge in [0.25, 0.3) is 5.91 Å². The second-order valence-electron chi connectivity index (χ2n) is 7.18. The number of sulfonamides is 1. The quantitative estimate of drug-likeness (QED) is 0.609. The van der Waals surface area contributed by atoms with Crippen molar-refractivity contribution in [2.24, 2.45) is 7.05 Å². The fourth-order valence-corrected chi connectivity index (χ4v) is 5.94. The normalized spacial score (nSPS) is 15.6. The zero-order valence-corrected chi connectivity index (χ0v) is 18.5. The number of pyridine rings is 1. The van der Waals surface area contributed by atoms with Gasteiger partial charge in [-0.15, -0.1) is 11.3 Å². The van der Waals surface area contributed by atoms with Gasteiger partial charge in [-0.1, -0.05) is 6.07 Å². The van der Waals surface area contributed by atoms with Crippen LogP contribution in [0.5, 0.6) is 0 Å². The Labute approximate surface area is 179 Å². The number of carbonyl (C=O) groups is 1. The summed E-state index contributed by atoms with van der Waals surface area (Å²) >= 11 is 1.35. The number of amides is 1. The third-order valence-electron chi connectivity index (χ3n) is 5.17. The molecule has 1 aliphatic heterocycles. The van der Waals surface area contributed by atoms with E-state index in [9.17, 15) is 13.2 Å². The zero-order valence-electron chi connectivity index (χ0n) is 16.9. The van der Waals surface area contributed by atoms with E-state index in [-0.39, 0.29) is 18.2 Å². The molecule has 0 radical (unpaired) electrons. The van der Waals surface area contributed by atoms with Crippen LogP contribution in [-0.4, -0.2) is 71.9 Å². The van der Waals surface area contributed by atoms with Crippen molar-refractivity contribution in [3.8, 4) is 0 Å². The fraction of sp³-hybridized carbons (Fsp3) is 0.421. The number of thiophene rings is 1. The van der Waals surface area contributed by atoms with E-state index in [2.05, 4.69) is 20.3 Å². The van der Waals surface area contributed by atoms with E-state index in [1.165, 1.54) is 15.6 Å². The van der Waals surface area contributed by atoms with E-state index in [4.69, 9.17) is 0 Å². The van der Waals surface area contributed by atoms with Gasteiger partial charge in [0, 0.05) is 51.4 Å². The highest BCUT2D eigenvalue weighted by atomic mass is 32.2. The summed E-state index contributed by atoms with van der Waals surface area (Å²) in [6.07, 6.45) is 1.73. The molecule has 160 valence electrons.